The van der Waals surface area contributed by atoms with Gasteiger partial charge in [0, 0.05) is 0 Å². The molecule has 0 atom stereocenters. The van der Waals surface area contributed by atoms with Crippen LogP contribution >= 0.6 is 0 Å². The molecule has 0 aromatic heterocycles. The topological polar surface area (TPSA) is 0 Å². The third-order valence-corrected chi connectivity index (χ3v) is 9.19. The molecule has 0 unspecified atom stereocenters. The second-order valence-corrected chi connectivity index (χ2v) is 17.6. The van der Waals surface area contributed by atoms with Gasteiger partial charge in [-0.3, -0.25) is 0 Å². The Hall–Kier alpha value is -1.53. The molecule has 3 aliphatic rings. The van der Waals surface area contributed by atoms with Gasteiger partial charge in [0.15, 0.2) is 0 Å². The second-order valence-electron chi connectivity index (χ2n) is 15.1. The fourth-order valence-corrected chi connectivity index (χ4v) is 6.35. The van der Waals surface area contributed by atoms with Gasteiger partial charge >= 0.3 is 41.3 Å². The van der Waals surface area contributed by atoms with Crippen LogP contribution in [-0.2, 0) is 53.3 Å². The number of halogens is 2. The zero-order chi connectivity index (χ0) is 31.2. The van der Waals surface area contributed by atoms with E-state index in [2.05, 4.69) is 144 Å². The fourth-order valence-electron chi connectivity index (χ4n) is 6.35. The molecule has 44 heavy (non-hydrogen) atoms. The van der Waals surface area contributed by atoms with Crippen LogP contribution in [-0.4, -0.2) is 3.21 Å². The Morgan fingerprint density at radius 3 is 1.82 bits per heavy atom. The van der Waals surface area contributed by atoms with E-state index in [4.69, 9.17) is 0 Å². The summed E-state index contributed by atoms with van der Waals surface area (Å²) in [5.41, 5.74) is 18.2. The molecular formula is C41H52Cl2Zr-2. The number of aryl methyl sites for hydroxylation is 1. The van der Waals surface area contributed by atoms with E-state index in [1.807, 2.05) is 0 Å². The monoisotopic (exact) mass is 704 g/mol. The van der Waals surface area contributed by atoms with E-state index in [0.29, 0.717) is 5.41 Å². The van der Waals surface area contributed by atoms with E-state index in [1.54, 1.807) is 24.2 Å². The first-order valence-electron chi connectivity index (χ1n) is 15.8. The van der Waals surface area contributed by atoms with Crippen molar-refractivity contribution in [3.05, 3.63) is 106 Å². The minimum Gasteiger partial charge on any atom is -1.00 e. The molecular weight excluding hydrogens is 655 g/mol. The predicted molar refractivity (Wildman–Crippen MR) is 183 cm³/mol. The maximum absolute atomic E-state index is 2.51. The Kier molecular flexibility index (Phi) is 12.7. The summed E-state index contributed by atoms with van der Waals surface area (Å²) in [5.74, 6) is 0. The molecule has 0 saturated heterocycles. The van der Waals surface area contributed by atoms with E-state index < -0.39 is 0 Å². The van der Waals surface area contributed by atoms with Crippen LogP contribution in [0.2, 0.25) is 0 Å². The zero-order valence-corrected chi connectivity index (χ0v) is 33.1. The van der Waals surface area contributed by atoms with Gasteiger partial charge < -0.3 is 24.8 Å². The quantitative estimate of drug-likeness (QED) is 0.237. The fraction of sp³-hybridized carbons (Fsp3) is 0.439. The first kappa shape index (κ1) is 38.7. The van der Waals surface area contributed by atoms with Crippen LogP contribution in [0.15, 0.2) is 54.6 Å². The van der Waals surface area contributed by atoms with Crippen molar-refractivity contribution in [3.63, 3.8) is 0 Å². The molecule has 3 aromatic rings. The van der Waals surface area contributed by atoms with Gasteiger partial charge in [-0.05, 0) is 70.2 Å². The smallest absolute Gasteiger partial charge is 1.00 e. The van der Waals surface area contributed by atoms with Crippen LogP contribution in [0.1, 0.15) is 134 Å². The molecule has 3 aliphatic carbocycles. The van der Waals surface area contributed by atoms with Crippen LogP contribution < -0.4 is 24.8 Å². The Morgan fingerprint density at radius 1 is 0.818 bits per heavy atom. The first-order valence-corrected chi connectivity index (χ1v) is 17.0. The van der Waals surface area contributed by atoms with Gasteiger partial charge in [-0.15, -0.1) is 12.5 Å². The number of benzene rings is 2. The summed E-state index contributed by atoms with van der Waals surface area (Å²) in [6.07, 6.45) is 10.4. The van der Waals surface area contributed by atoms with Crippen LogP contribution in [0, 0.1) is 6.42 Å². The summed E-state index contributed by atoms with van der Waals surface area (Å²) in [5, 5.41) is 0. The Labute approximate surface area is 296 Å². The van der Waals surface area contributed by atoms with Crippen LogP contribution in [0.4, 0.5) is 0 Å². The van der Waals surface area contributed by atoms with Crippen molar-refractivity contribution in [1.82, 2.24) is 0 Å². The van der Waals surface area contributed by atoms with Crippen molar-refractivity contribution in [3.8, 4) is 11.1 Å². The van der Waals surface area contributed by atoms with E-state index in [9.17, 15) is 0 Å². The van der Waals surface area contributed by atoms with E-state index in [1.165, 1.54) is 70.0 Å². The molecule has 0 spiro atoms. The van der Waals surface area contributed by atoms with Gasteiger partial charge in [0.25, 0.3) is 0 Å². The maximum atomic E-state index is 2.51. The summed E-state index contributed by atoms with van der Waals surface area (Å²) in [6.45, 7) is 27.1. The van der Waals surface area contributed by atoms with E-state index in [-0.39, 0.29) is 35.6 Å². The molecule has 3 heteroatoms. The molecule has 0 heterocycles. The van der Waals surface area contributed by atoms with Crippen molar-refractivity contribution in [2.45, 2.75) is 119 Å². The molecule has 0 fully saturated rings. The maximum Gasteiger partial charge on any atom is -1.00 e. The van der Waals surface area contributed by atoms with Crippen LogP contribution in [0.25, 0.3) is 22.3 Å². The molecule has 0 amide bonds. The van der Waals surface area contributed by atoms with Crippen LogP contribution in [0.5, 0.6) is 0 Å². The molecule has 6 rings (SSSR count). The minimum absolute atomic E-state index is 0. The van der Waals surface area contributed by atoms with Crippen molar-refractivity contribution in [2.24, 2.45) is 0 Å². The molecule has 0 saturated carbocycles. The van der Waals surface area contributed by atoms with Crippen molar-refractivity contribution in [2.75, 3.05) is 0 Å². The standard InChI is InChI=1S/C27H29.C11H17.C3H6.2ClH.Zr/c1-16-7-9-26(3,4)24-12-18-11-19-13-25-21(17(2)8-10-27(25,5)6)15-23(19)22(18)14-20(16)24;1-5-9-6-7-10(8-9)11(2,3)4;1-3-2;;;/h7-9,12-15H,10-11H2,1-6H3;6-8H,5H2,1-4H3;1-2H3;2*1H;/q2*-1;;;;+2/p-2. The predicted octanol–water partition coefficient (Wildman–Crippen LogP) is 5.26. The van der Waals surface area contributed by atoms with Crippen molar-refractivity contribution < 1.29 is 49.0 Å². The number of allylic oxidation sites excluding steroid dienone is 4. The van der Waals surface area contributed by atoms with Crippen molar-refractivity contribution in [1.29, 1.82) is 0 Å². The number of hydrogen-bond donors (Lipinski definition) is 0. The van der Waals surface area contributed by atoms with E-state index in [0.717, 1.165) is 19.3 Å². The summed E-state index contributed by atoms with van der Waals surface area (Å²) < 4.78 is 1.51. The molecule has 0 bridgehead atoms. The summed E-state index contributed by atoms with van der Waals surface area (Å²) in [4.78, 5) is 0. The summed E-state index contributed by atoms with van der Waals surface area (Å²) in [6, 6.07) is 16.7. The molecule has 0 N–H and O–H groups in total. The third kappa shape index (κ3) is 8.24. The molecule has 0 radical (unpaired) electrons. The zero-order valence-electron chi connectivity index (χ0n) is 29.2. The van der Waals surface area contributed by atoms with Crippen molar-refractivity contribution >= 4 is 14.4 Å². The third-order valence-electron chi connectivity index (χ3n) is 9.19. The first-order chi connectivity index (χ1) is 19.4. The average molecular weight is 707 g/mol. The number of rotatable bonds is 1. The SMILES string of the molecule is CC1=C[CH-]C(C)(C)c2cc3c(cc21)-c1cc2c(cc1C3)C(C)(C)CC=C2C.CCc1cc(C(C)(C)C)c[cH-]1.C[C](C)=[Zr+2].[Cl-].[Cl-]. The van der Waals surface area contributed by atoms with Gasteiger partial charge in [0.1, 0.15) is 0 Å². The summed E-state index contributed by atoms with van der Waals surface area (Å²) in [7, 11) is 0. The van der Waals surface area contributed by atoms with E-state index >= 15 is 0 Å². The summed E-state index contributed by atoms with van der Waals surface area (Å²) >= 11 is 1.55. The number of hydrogen-bond acceptors (Lipinski definition) is 0. The molecule has 236 valence electrons. The molecule has 3 aromatic carbocycles. The minimum atomic E-state index is 0. The largest absolute Gasteiger partial charge is 1.00 e. The van der Waals surface area contributed by atoms with Crippen LogP contribution in [0.3, 0.4) is 0 Å². The normalized spacial score (nSPS) is 16.2. The van der Waals surface area contributed by atoms with Gasteiger partial charge in [-0.1, -0.05) is 102 Å². The van der Waals surface area contributed by atoms with Gasteiger partial charge in [-0.25, -0.2) is 18.6 Å². The molecule has 0 aliphatic heterocycles. The van der Waals surface area contributed by atoms with Gasteiger partial charge in [0.2, 0.25) is 0 Å². The second kappa shape index (κ2) is 14.5. The average Bonchev–Trinajstić information content (AvgIpc) is 3.52. The van der Waals surface area contributed by atoms with Gasteiger partial charge in [0.05, 0.1) is 0 Å². The number of fused-ring (bicyclic) bond motifs is 5. The Balaban J connectivity index is 0.000000335. The molecule has 0 nitrogen and oxygen atoms in total. The Bertz CT molecular complexity index is 1480. The van der Waals surface area contributed by atoms with Gasteiger partial charge in [-0.2, -0.15) is 28.8 Å². The Morgan fingerprint density at radius 2 is 1.34 bits per heavy atom.